The zero-order valence-electron chi connectivity index (χ0n) is 13.8. The predicted octanol–water partition coefficient (Wildman–Crippen LogP) is 4.89. The van der Waals surface area contributed by atoms with E-state index in [1.54, 1.807) is 13.8 Å². The molecule has 0 radical (unpaired) electrons. The van der Waals surface area contributed by atoms with Gasteiger partial charge in [-0.15, -0.1) is 0 Å². The Morgan fingerprint density at radius 1 is 1.09 bits per heavy atom. The Balaban J connectivity index is 1.74. The highest BCUT2D eigenvalue weighted by Gasteiger charge is 2.55. The third-order valence-electron chi connectivity index (χ3n) is 6.51. The molecule has 5 unspecified atom stereocenters. The SMILES string of the molecule is C=C(C(=O)OC(C)(C)C1CCCC2C3CCC(C3)C21)C(F)(F)F. The molecular weight excluding hydrogens is 305 g/mol. The summed E-state index contributed by atoms with van der Waals surface area (Å²) in [6.45, 7) is 6.40. The van der Waals surface area contributed by atoms with Crippen molar-refractivity contribution in [1.29, 1.82) is 0 Å². The Morgan fingerprint density at radius 2 is 1.74 bits per heavy atom. The van der Waals surface area contributed by atoms with Crippen molar-refractivity contribution in [3.8, 4) is 0 Å². The van der Waals surface area contributed by atoms with E-state index >= 15 is 0 Å². The van der Waals surface area contributed by atoms with Crippen LogP contribution in [0.15, 0.2) is 12.2 Å². The summed E-state index contributed by atoms with van der Waals surface area (Å²) < 4.78 is 43.3. The van der Waals surface area contributed by atoms with E-state index in [0.29, 0.717) is 17.8 Å². The fraction of sp³-hybridized carbons (Fsp3) is 0.833. The Bertz CT molecular complexity index is 509. The monoisotopic (exact) mass is 330 g/mol. The number of fused-ring (bicyclic) bond motifs is 5. The zero-order chi connectivity index (χ0) is 17.0. The van der Waals surface area contributed by atoms with Gasteiger partial charge >= 0.3 is 12.1 Å². The summed E-state index contributed by atoms with van der Waals surface area (Å²) in [6.07, 6.45) is 2.28. The Kier molecular flexibility index (Phi) is 4.04. The molecule has 0 spiro atoms. The average molecular weight is 330 g/mol. The van der Waals surface area contributed by atoms with Crippen LogP contribution in [0.4, 0.5) is 13.2 Å². The summed E-state index contributed by atoms with van der Waals surface area (Å²) in [7, 11) is 0. The molecule has 0 heterocycles. The van der Waals surface area contributed by atoms with Crippen molar-refractivity contribution < 1.29 is 22.7 Å². The van der Waals surface area contributed by atoms with Crippen LogP contribution in [0.25, 0.3) is 0 Å². The van der Waals surface area contributed by atoms with Crippen LogP contribution in [0.3, 0.4) is 0 Å². The maximum absolute atomic E-state index is 12.7. The first-order valence-electron chi connectivity index (χ1n) is 8.60. The van der Waals surface area contributed by atoms with Gasteiger partial charge in [0.2, 0.25) is 0 Å². The highest BCUT2D eigenvalue weighted by molar-refractivity contribution is 5.89. The van der Waals surface area contributed by atoms with Crippen LogP contribution in [0.1, 0.15) is 52.4 Å². The standard InChI is InChI=1S/C18H25F3O2/c1-10(18(19,20)21)16(22)23-17(2,3)14-6-4-5-13-11-7-8-12(9-11)15(13)14/h11-15H,1,4-9H2,2-3H3. The van der Waals surface area contributed by atoms with Crippen LogP contribution < -0.4 is 0 Å². The summed E-state index contributed by atoms with van der Waals surface area (Å²) >= 11 is 0. The van der Waals surface area contributed by atoms with Gasteiger partial charge in [-0.05, 0) is 69.6 Å². The van der Waals surface area contributed by atoms with E-state index in [2.05, 4.69) is 6.58 Å². The lowest BCUT2D eigenvalue weighted by atomic mass is 9.61. The van der Waals surface area contributed by atoms with E-state index in [1.165, 1.54) is 25.7 Å². The molecule has 23 heavy (non-hydrogen) atoms. The fourth-order valence-electron chi connectivity index (χ4n) is 5.58. The van der Waals surface area contributed by atoms with Crippen LogP contribution in [0, 0.1) is 29.6 Å². The third kappa shape index (κ3) is 2.91. The van der Waals surface area contributed by atoms with Gasteiger partial charge in [0.05, 0.1) is 0 Å². The first-order valence-corrected chi connectivity index (χ1v) is 8.60. The molecule has 0 aromatic carbocycles. The Labute approximate surface area is 135 Å². The minimum atomic E-state index is -4.73. The first-order chi connectivity index (χ1) is 10.6. The summed E-state index contributed by atoms with van der Waals surface area (Å²) in [5.74, 6) is 1.46. The predicted molar refractivity (Wildman–Crippen MR) is 80.5 cm³/mol. The summed E-state index contributed by atoms with van der Waals surface area (Å²) in [6, 6.07) is 0. The quantitative estimate of drug-likeness (QED) is 0.544. The number of ether oxygens (including phenoxy) is 1. The fourth-order valence-corrected chi connectivity index (χ4v) is 5.58. The highest BCUT2D eigenvalue weighted by Crippen LogP contribution is 2.61. The number of hydrogen-bond donors (Lipinski definition) is 0. The molecule has 0 saturated heterocycles. The molecule has 3 aliphatic rings. The first kappa shape index (κ1) is 16.8. The van der Waals surface area contributed by atoms with Crippen molar-refractivity contribution in [2.45, 2.75) is 64.1 Å². The molecule has 0 aliphatic heterocycles. The second-order valence-corrected chi connectivity index (χ2v) is 8.08. The lowest BCUT2D eigenvalue weighted by Crippen LogP contribution is -2.47. The minimum absolute atomic E-state index is 0.154. The molecule has 3 rings (SSSR count). The van der Waals surface area contributed by atoms with Crippen molar-refractivity contribution in [3.63, 3.8) is 0 Å². The van der Waals surface area contributed by atoms with Gasteiger partial charge in [-0.2, -0.15) is 13.2 Å². The van der Waals surface area contributed by atoms with Crippen molar-refractivity contribution in [2.24, 2.45) is 29.6 Å². The van der Waals surface area contributed by atoms with Crippen LogP contribution in [-0.4, -0.2) is 17.7 Å². The lowest BCUT2D eigenvalue weighted by molar-refractivity contribution is -0.172. The maximum atomic E-state index is 12.7. The Morgan fingerprint density at radius 3 is 2.39 bits per heavy atom. The van der Waals surface area contributed by atoms with Crippen LogP contribution >= 0.6 is 0 Å². The molecule has 3 fully saturated rings. The van der Waals surface area contributed by atoms with Crippen molar-refractivity contribution in [1.82, 2.24) is 0 Å². The molecule has 130 valence electrons. The lowest BCUT2D eigenvalue weighted by Gasteiger charge is -2.47. The largest absolute Gasteiger partial charge is 0.456 e. The smallest absolute Gasteiger partial charge is 0.422 e. The summed E-state index contributed by atoms with van der Waals surface area (Å²) in [5.41, 5.74) is -2.29. The number of carbonyl (C=O) groups is 1. The number of rotatable bonds is 3. The van der Waals surface area contributed by atoms with Gasteiger partial charge in [-0.1, -0.05) is 13.0 Å². The van der Waals surface area contributed by atoms with E-state index in [-0.39, 0.29) is 5.92 Å². The molecule has 2 bridgehead atoms. The van der Waals surface area contributed by atoms with Crippen molar-refractivity contribution in [2.75, 3.05) is 0 Å². The molecule has 3 aliphatic carbocycles. The topological polar surface area (TPSA) is 26.3 Å². The third-order valence-corrected chi connectivity index (χ3v) is 6.51. The molecule has 0 aromatic rings. The van der Waals surface area contributed by atoms with Gasteiger partial charge in [0.25, 0.3) is 0 Å². The Hall–Kier alpha value is -1.00. The molecule has 2 nitrogen and oxygen atoms in total. The van der Waals surface area contributed by atoms with Crippen molar-refractivity contribution >= 4 is 5.97 Å². The zero-order valence-corrected chi connectivity index (χ0v) is 13.8. The van der Waals surface area contributed by atoms with Gasteiger partial charge in [0, 0.05) is 5.92 Å². The van der Waals surface area contributed by atoms with Gasteiger partial charge in [0.15, 0.2) is 0 Å². The van der Waals surface area contributed by atoms with E-state index in [0.717, 1.165) is 18.8 Å². The molecule has 5 atom stereocenters. The number of alkyl halides is 3. The van der Waals surface area contributed by atoms with Crippen LogP contribution in [0.2, 0.25) is 0 Å². The minimum Gasteiger partial charge on any atom is -0.456 e. The number of carbonyl (C=O) groups excluding carboxylic acids is 1. The molecule has 0 aromatic heterocycles. The number of hydrogen-bond acceptors (Lipinski definition) is 2. The molecule has 5 heteroatoms. The van der Waals surface area contributed by atoms with E-state index in [4.69, 9.17) is 4.74 Å². The molecular formula is C18H25F3O2. The maximum Gasteiger partial charge on any atom is 0.422 e. The summed E-state index contributed by atoms with van der Waals surface area (Å²) in [5, 5.41) is 0. The second-order valence-electron chi connectivity index (χ2n) is 8.08. The van der Waals surface area contributed by atoms with E-state index < -0.39 is 23.3 Å². The van der Waals surface area contributed by atoms with Crippen LogP contribution in [-0.2, 0) is 9.53 Å². The van der Waals surface area contributed by atoms with E-state index in [1.807, 2.05) is 0 Å². The molecule has 3 saturated carbocycles. The van der Waals surface area contributed by atoms with Crippen molar-refractivity contribution in [3.05, 3.63) is 12.2 Å². The average Bonchev–Trinajstić information content (AvgIpc) is 3.06. The normalized spacial score (nSPS) is 36.7. The molecule has 0 N–H and O–H groups in total. The van der Waals surface area contributed by atoms with Crippen LogP contribution in [0.5, 0.6) is 0 Å². The number of esters is 1. The van der Waals surface area contributed by atoms with Gasteiger partial charge < -0.3 is 4.74 Å². The summed E-state index contributed by atoms with van der Waals surface area (Å²) in [4.78, 5) is 11.9. The second kappa shape index (κ2) is 5.52. The van der Waals surface area contributed by atoms with E-state index in [9.17, 15) is 18.0 Å². The highest BCUT2D eigenvalue weighted by atomic mass is 19.4. The van der Waals surface area contributed by atoms with Gasteiger partial charge in [-0.25, -0.2) is 4.79 Å². The number of halogens is 3. The van der Waals surface area contributed by atoms with Gasteiger partial charge in [0.1, 0.15) is 11.2 Å². The van der Waals surface area contributed by atoms with Gasteiger partial charge in [-0.3, -0.25) is 0 Å². The molecule has 0 amide bonds.